The predicted molar refractivity (Wildman–Crippen MR) is 119 cm³/mol. The third-order valence-electron chi connectivity index (χ3n) is 4.73. The molecule has 1 N–H and O–H groups in total. The fourth-order valence-electron chi connectivity index (χ4n) is 2.97. The molecule has 8 heteroatoms. The fourth-order valence-corrected chi connectivity index (χ4v) is 4.15. The Balaban J connectivity index is 1.69. The molecule has 7 nitrogen and oxygen atoms in total. The third kappa shape index (κ3) is 5.22. The number of ether oxygens (including phenoxy) is 2. The summed E-state index contributed by atoms with van der Waals surface area (Å²) in [6.45, 7) is 0.186. The maximum Gasteiger partial charge on any atom is 0.255 e. The van der Waals surface area contributed by atoms with Crippen LogP contribution in [0.15, 0.2) is 77.7 Å². The number of sulfonamides is 1. The van der Waals surface area contributed by atoms with Gasteiger partial charge < -0.3 is 14.8 Å². The van der Waals surface area contributed by atoms with E-state index >= 15 is 0 Å². The number of hydrogen-bond donors (Lipinski definition) is 1. The molecular weight excluding hydrogens is 416 g/mol. The number of carbonyl (C=O) groups excluding carboxylic acids is 1. The summed E-state index contributed by atoms with van der Waals surface area (Å²) in [5.74, 6) is 0.797. The maximum atomic E-state index is 12.7. The van der Waals surface area contributed by atoms with Gasteiger partial charge in [-0.1, -0.05) is 30.3 Å². The van der Waals surface area contributed by atoms with Crippen molar-refractivity contribution in [1.82, 2.24) is 4.31 Å². The minimum Gasteiger partial charge on any atom is -0.497 e. The second kappa shape index (κ2) is 9.63. The molecule has 3 aromatic rings. The molecule has 0 aliphatic rings. The summed E-state index contributed by atoms with van der Waals surface area (Å²) in [5, 5.41) is 2.81. The number of amides is 1. The molecule has 3 rings (SSSR count). The molecule has 1 amide bonds. The molecule has 0 aliphatic heterocycles. The standard InChI is InChI=1S/C23H24N2O5S/c1-25(31(27,28)20-7-5-4-6-8-20)16-17-9-11-18(12-10-17)23(26)24-21-14-13-19(29-2)15-22(21)30-3/h4-15H,16H2,1-3H3,(H,24,26). The number of carbonyl (C=O) groups is 1. The second-order valence-corrected chi connectivity index (χ2v) is 8.84. The van der Waals surface area contributed by atoms with Crippen molar-refractivity contribution in [2.45, 2.75) is 11.4 Å². The van der Waals surface area contributed by atoms with Crippen LogP contribution < -0.4 is 14.8 Å². The van der Waals surface area contributed by atoms with Crippen molar-refractivity contribution in [3.05, 3.63) is 83.9 Å². The molecule has 0 bridgehead atoms. The first-order valence-corrected chi connectivity index (χ1v) is 10.9. The summed E-state index contributed by atoms with van der Waals surface area (Å²) in [6, 6.07) is 20.2. The Hall–Kier alpha value is -3.36. The molecule has 0 aromatic heterocycles. The normalized spacial score (nSPS) is 11.2. The van der Waals surface area contributed by atoms with Crippen molar-refractivity contribution in [2.24, 2.45) is 0 Å². The van der Waals surface area contributed by atoms with Crippen LogP contribution >= 0.6 is 0 Å². The van der Waals surface area contributed by atoms with Gasteiger partial charge in [-0.25, -0.2) is 8.42 Å². The Morgan fingerprint density at radius 2 is 1.61 bits per heavy atom. The molecule has 0 aliphatic carbocycles. The highest BCUT2D eigenvalue weighted by molar-refractivity contribution is 7.89. The zero-order valence-electron chi connectivity index (χ0n) is 17.5. The lowest BCUT2D eigenvalue weighted by Crippen LogP contribution is -2.26. The number of nitrogens with zero attached hydrogens (tertiary/aromatic N) is 1. The summed E-state index contributed by atoms with van der Waals surface area (Å²) < 4.78 is 37.1. The molecule has 0 heterocycles. The summed E-state index contributed by atoms with van der Waals surface area (Å²) in [7, 11) is 1.00. The topological polar surface area (TPSA) is 84.9 Å². The lowest BCUT2D eigenvalue weighted by atomic mass is 10.1. The number of anilines is 1. The Labute approximate surface area is 182 Å². The van der Waals surface area contributed by atoms with Crippen LogP contribution in [0.2, 0.25) is 0 Å². The Morgan fingerprint density at radius 3 is 2.23 bits per heavy atom. The van der Waals surface area contributed by atoms with Crippen LogP contribution in [-0.4, -0.2) is 39.9 Å². The number of nitrogens with one attached hydrogen (secondary N) is 1. The van der Waals surface area contributed by atoms with Crippen LogP contribution in [-0.2, 0) is 16.6 Å². The zero-order chi connectivity index (χ0) is 22.4. The molecule has 0 unspecified atom stereocenters. The van der Waals surface area contributed by atoms with Crippen molar-refractivity contribution in [1.29, 1.82) is 0 Å². The van der Waals surface area contributed by atoms with E-state index in [0.29, 0.717) is 22.7 Å². The van der Waals surface area contributed by atoms with Gasteiger partial charge in [-0.3, -0.25) is 4.79 Å². The van der Waals surface area contributed by atoms with Crippen molar-refractivity contribution < 1.29 is 22.7 Å². The molecule has 0 radical (unpaired) electrons. The van der Waals surface area contributed by atoms with Gasteiger partial charge in [0, 0.05) is 25.2 Å². The average Bonchev–Trinajstić information content (AvgIpc) is 2.80. The number of hydrogen-bond acceptors (Lipinski definition) is 5. The fraction of sp³-hybridized carbons (Fsp3) is 0.174. The van der Waals surface area contributed by atoms with Crippen molar-refractivity contribution in [2.75, 3.05) is 26.6 Å². The highest BCUT2D eigenvalue weighted by atomic mass is 32.2. The van der Waals surface area contributed by atoms with Gasteiger partial charge in [-0.05, 0) is 42.0 Å². The first-order valence-electron chi connectivity index (χ1n) is 9.49. The van der Waals surface area contributed by atoms with E-state index in [2.05, 4.69) is 5.32 Å². The van der Waals surface area contributed by atoms with E-state index in [-0.39, 0.29) is 17.3 Å². The Kier molecular flexibility index (Phi) is 6.94. The number of methoxy groups -OCH3 is 2. The smallest absolute Gasteiger partial charge is 0.255 e. The van der Waals surface area contributed by atoms with E-state index < -0.39 is 10.0 Å². The van der Waals surface area contributed by atoms with Crippen LogP contribution in [0.4, 0.5) is 5.69 Å². The lowest BCUT2D eigenvalue weighted by Gasteiger charge is -2.17. The Morgan fingerprint density at radius 1 is 0.935 bits per heavy atom. The van der Waals surface area contributed by atoms with Crippen molar-refractivity contribution in [3.8, 4) is 11.5 Å². The predicted octanol–water partition coefficient (Wildman–Crippen LogP) is 3.78. The molecule has 0 fully saturated rings. The monoisotopic (exact) mass is 440 g/mol. The molecule has 3 aromatic carbocycles. The highest BCUT2D eigenvalue weighted by Crippen LogP contribution is 2.29. The van der Waals surface area contributed by atoms with Gasteiger partial charge in [-0.2, -0.15) is 4.31 Å². The first kappa shape index (κ1) is 22.3. The van der Waals surface area contributed by atoms with E-state index in [4.69, 9.17) is 9.47 Å². The molecule has 0 saturated heterocycles. The first-order chi connectivity index (χ1) is 14.8. The van der Waals surface area contributed by atoms with Gasteiger partial charge in [0.05, 0.1) is 24.8 Å². The van der Waals surface area contributed by atoms with Crippen LogP contribution in [0.25, 0.3) is 0 Å². The van der Waals surface area contributed by atoms with Gasteiger partial charge in [0.2, 0.25) is 10.0 Å². The quantitative estimate of drug-likeness (QED) is 0.576. The molecule has 31 heavy (non-hydrogen) atoms. The lowest BCUT2D eigenvalue weighted by molar-refractivity contribution is 0.102. The van der Waals surface area contributed by atoms with E-state index in [0.717, 1.165) is 5.56 Å². The van der Waals surface area contributed by atoms with Gasteiger partial charge in [-0.15, -0.1) is 0 Å². The van der Waals surface area contributed by atoms with E-state index in [1.54, 1.807) is 79.9 Å². The highest BCUT2D eigenvalue weighted by Gasteiger charge is 2.20. The molecule has 0 atom stereocenters. The van der Waals surface area contributed by atoms with Crippen molar-refractivity contribution >= 4 is 21.6 Å². The average molecular weight is 441 g/mol. The molecule has 0 saturated carbocycles. The minimum absolute atomic E-state index is 0.186. The van der Waals surface area contributed by atoms with Crippen molar-refractivity contribution in [3.63, 3.8) is 0 Å². The molecule has 0 spiro atoms. The number of benzene rings is 3. The van der Waals surface area contributed by atoms with E-state index in [9.17, 15) is 13.2 Å². The van der Waals surface area contributed by atoms with Crippen LogP contribution in [0.3, 0.4) is 0 Å². The largest absolute Gasteiger partial charge is 0.497 e. The van der Waals surface area contributed by atoms with Gasteiger partial charge >= 0.3 is 0 Å². The zero-order valence-corrected chi connectivity index (χ0v) is 18.3. The Bertz CT molecular complexity index is 1150. The molecule has 162 valence electrons. The maximum absolute atomic E-state index is 12.7. The van der Waals surface area contributed by atoms with Gasteiger partial charge in [0.15, 0.2) is 0 Å². The van der Waals surface area contributed by atoms with Crippen LogP contribution in [0, 0.1) is 0 Å². The number of rotatable bonds is 8. The van der Waals surface area contributed by atoms with E-state index in [1.807, 2.05) is 0 Å². The third-order valence-corrected chi connectivity index (χ3v) is 6.55. The van der Waals surface area contributed by atoms with Crippen LogP contribution in [0.5, 0.6) is 11.5 Å². The second-order valence-electron chi connectivity index (χ2n) is 6.79. The molecular formula is C23H24N2O5S. The van der Waals surface area contributed by atoms with Gasteiger partial charge in [0.1, 0.15) is 11.5 Å². The van der Waals surface area contributed by atoms with E-state index in [1.165, 1.54) is 18.5 Å². The van der Waals surface area contributed by atoms with Gasteiger partial charge in [0.25, 0.3) is 5.91 Å². The summed E-state index contributed by atoms with van der Waals surface area (Å²) in [6.07, 6.45) is 0. The minimum atomic E-state index is -3.59. The summed E-state index contributed by atoms with van der Waals surface area (Å²) >= 11 is 0. The van der Waals surface area contributed by atoms with Crippen LogP contribution in [0.1, 0.15) is 15.9 Å². The summed E-state index contributed by atoms with van der Waals surface area (Å²) in [4.78, 5) is 12.8. The summed E-state index contributed by atoms with van der Waals surface area (Å²) in [5.41, 5.74) is 1.72. The SMILES string of the molecule is COc1ccc(NC(=O)c2ccc(CN(C)S(=O)(=O)c3ccccc3)cc2)c(OC)c1.